The fourth-order valence-corrected chi connectivity index (χ4v) is 3.73. The van der Waals surface area contributed by atoms with Gasteiger partial charge in [0.25, 0.3) is 0 Å². The molecule has 0 bridgehead atoms. The maximum absolute atomic E-state index is 12.8. The Bertz CT molecular complexity index is 622. The molecule has 1 aromatic rings. The first-order valence-corrected chi connectivity index (χ1v) is 8.51. The lowest BCUT2D eigenvalue weighted by Gasteiger charge is -2.47. The molecule has 1 amide bonds. The van der Waals surface area contributed by atoms with Crippen LogP contribution in [-0.2, 0) is 14.3 Å². The van der Waals surface area contributed by atoms with Crippen LogP contribution < -0.4 is 0 Å². The number of hydrogen-bond donors (Lipinski definition) is 0. The lowest BCUT2D eigenvalue weighted by Crippen LogP contribution is -2.53. The summed E-state index contributed by atoms with van der Waals surface area (Å²) in [5, 5.41) is 0. The number of ether oxygens (including phenoxy) is 2. The van der Waals surface area contributed by atoms with Crippen molar-refractivity contribution in [2.45, 2.75) is 57.3 Å². The standard InChI is InChI=1S/C19H25NO4/c1-18(2,3)24-17(22)20-11-7-10-19(12-15(21)13-23-19)16(20)14-8-5-4-6-9-14/h4-6,8-9,16H,7,10-13H2,1-3H3/t16-,19+/m0/s1. The monoisotopic (exact) mass is 331 g/mol. The molecule has 2 aliphatic rings. The van der Waals surface area contributed by atoms with Gasteiger partial charge in [-0.2, -0.15) is 0 Å². The van der Waals surface area contributed by atoms with Gasteiger partial charge in [-0.15, -0.1) is 0 Å². The molecule has 2 heterocycles. The van der Waals surface area contributed by atoms with E-state index in [-0.39, 0.29) is 24.5 Å². The van der Waals surface area contributed by atoms with Crippen LogP contribution in [0.2, 0.25) is 0 Å². The second-order valence-corrected chi connectivity index (χ2v) is 7.66. The van der Waals surface area contributed by atoms with E-state index in [1.165, 1.54) is 0 Å². The van der Waals surface area contributed by atoms with Crippen molar-refractivity contribution in [3.8, 4) is 0 Å². The van der Waals surface area contributed by atoms with Gasteiger partial charge in [-0.05, 0) is 39.2 Å². The van der Waals surface area contributed by atoms with Crippen molar-refractivity contribution in [2.24, 2.45) is 0 Å². The molecule has 5 nitrogen and oxygen atoms in total. The Balaban J connectivity index is 1.97. The molecule has 0 unspecified atom stereocenters. The minimum atomic E-state index is -0.631. The largest absolute Gasteiger partial charge is 0.444 e. The van der Waals surface area contributed by atoms with E-state index in [0.29, 0.717) is 13.0 Å². The Morgan fingerprint density at radius 1 is 1.29 bits per heavy atom. The number of piperidine rings is 1. The normalized spacial score (nSPS) is 27.5. The Kier molecular flexibility index (Phi) is 4.38. The van der Waals surface area contributed by atoms with Gasteiger partial charge in [-0.25, -0.2) is 4.79 Å². The maximum Gasteiger partial charge on any atom is 0.410 e. The van der Waals surface area contributed by atoms with E-state index in [1.807, 2.05) is 51.1 Å². The summed E-state index contributed by atoms with van der Waals surface area (Å²) in [6.45, 7) is 6.31. The molecule has 0 aliphatic carbocycles. The second kappa shape index (κ2) is 6.20. The summed E-state index contributed by atoms with van der Waals surface area (Å²) in [5.74, 6) is 0.0990. The molecule has 1 aromatic carbocycles. The van der Waals surface area contributed by atoms with Crippen LogP contribution in [0.3, 0.4) is 0 Å². The van der Waals surface area contributed by atoms with Gasteiger partial charge in [-0.3, -0.25) is 9.69 Å². The summed E-state index contributed by atoms with van der Waals surface area (Å²) in [6, 6.07) is 9.51. The van der Waals surface area contributed by atoms with Crippen LogP contribution in [0.5, 0.6) is 0 Å². The highest BCUT2D eigenvalue weighted by Crippen LogP contribution is 2.47. The number of benzene rings is 1. The quantitative estimate of drug-likeness (QED) is 0.790. The average molecular weight is 331 g/mol. The fraction of sp³-hybridized carbons (Fsp3) is 0.579. The summed E-state index contributed by atoms with van der Waals surface area (Å²) < 4.78 is 11.6. The number of likely N-dealkylation sites (tertiary alicyclic amines) is 1. The molecule has 5 heteroatoms. The maximum atomic E-state index is 12.8. The van der Waals surface area contributed by atoms with Crippen molar-refractivity contribution < 1.29 is 19.1 Å². The van der Waals surface area contributed by atoms with Gasteiger partial charge in [0.15, 0.2) is 5.78 Å². The van der Waals surface area contributed by atoms with Gasteiger partial charge < -0.3 is 9.47 Å². The van der Waals surface area contributed by atoms with Crippen molar-refractivity contribution >= 4 is 11.9 Å². The van der Waals surface area contributed by atoms with Gasteiger partial charge >= 0.3 is 6.09 Å². The zero-order valence-electron chi connectivity index (χ0n) is 14.6. The summed E-state index contributed by atoms with van der Waals surface area (Å²) >= 11 is 0. The molecule has 2 saturated heterocycles. The van der Waals surface area contributed by atoms with Crippen LogP contribution in [0.1, 0.15) is 51.6 Å². The third-order valence-electron chi connectivity index (χ3n) is 4.57. The summed E-state index contributed by atoms with van der Waals surface area (Å²) in [7, 11) is 0. The number of carbonyl (C=O) groups is 2. The Morgan fingerprint density at radius 2 is 2.00 bits per heavy atom. The third-order valence-corrected chi connectivity index (χ3v) is 4.57. The van der Waals surface area contributed by atoms with Crippen LogP contribution in [0.4, 0.5) is 4.79 Å². The first-order valence-electron chi connectivity index (χ1n) is 8.51. The number of nitrogens with zero attached hydrogens (tertiary/aromatic N) is 1. The lowest BCUT2D eigenvalue weighted by atomic mass is 9.78. The smallest absolute Gasteiger partial charge is 0.410 e. The summed E-state index contributed by atoms with van der Waals surface area (Å²) in [4.78, 5) is 26.5. The van der Waals surface area contributed by atoms with E-state index >= 15 is 0 Å². The molecule has 2 fully saturated rings. The van der Waals surface area contributed by atoms with E-state index < -0.39 is 11.2 Å². The highest BCUT2D eigenvalue weighted by atomic mass is 16.6. The van der Waals surface area contributed by atoms with Gasteiger partial charge in [0.2, 0.25) is 0 Å². The van der Waals surface area contributed by atoms with Crippen LogP contribution >= 0.6 is 0 Å². The molecule has 0 aromatic heterocycles. The van der Waals surface area contributed by atoms with E-state index in [0.717, 1.165) is 18.4 Å². The number of hydrogen-bond acceptors (Lipinski definition) is 4. The van der Waals surface area contributed by atoms with Crippen molar-refractivity contribution in [1.29, 1.82) is 0 Å². The zero-order chi connectivity index (χ0) is 17.4. The van der Waals surface area contributed by atoms with Crippen molar-refractivity contribution in [3.63, 3.8) is 0 Å². The highest BCUT2D eigenvalue weighted by molar-refractivity contribution is 5.83. The van der Waals surface area contributed by atoms with Crippen molar-refractivity contribution in [2.75, 3.05) is 13.2 Å². The molecule has 0 N–H and O–H groups in total. The predicted octanol–water partition coefficient (Wildman–Crippen LogP) is 3.49. The van der Waals surface area contributed by atoms with E-state index in [4.69, 9.17) is 9.47 Å². The number of ketones is 1. The van der Waals surface area contributed by atoms with Crippen LogP contribution in [0.25, 0.3) is 0 Å². The fourth-order valence-electron chi connectivity index (χ4n) is 3.73. The molecular weight excluding hydrogens is 306 g/mol. The Morgan fingerprint density at radius 3 is 2.58 bits per heavy atom. The molecule has 0 saturated carbocycles. The molecule has 24 heavy (non-hydrogen) atoms. The van der Waals surface area contributed by atoms with Gasteiger partial charge in [0.05, 0.1) is 6.04 Å². The molecule has 3 rings (SSSR count). The van der Waals surface area contributed by atoms with E-state index in [9.17, 15) is 9.59 Å². The first-order chi connectivity index (χ1) is 11.3. The van der Waals surface area contributed by atoms with Crippen LogP contribution in [0.15, 0.2) is 30.3 Å². The summed E-state index contributed by atoms with van der Waals surface area (Å²) in [6.07, 6.45) is 1.58. The van der Waals surface area contributed by atoms with Gasteiger partial charge in [0, 0.05) is 13.0 Å². The Labute approximate surface area is 142 Å². The number of Topliss-reactive ketones (excluding diaryl/α,β-unsaturated/α-hetero) is 1. The molecule has 130 valence electrons. The van der Waals surface area contributed by atoms with Gasteiger partial charge in [-0.1, -0.05) is 30.3 Å². The molecule has 1 spiro atoms. The molecule has 2 aliphatic heterocycles. The second-order valence-electron chi connectivity index (χ2n) is 7.66. The highest BCUT2D eigenvalue weighted by Gasteiger charge is 2.53. The number of rotatable bonds is 1. The first kappa shape index (κ1) is 17.0. The van der Waals surface area contributed by atoms with Crippen molar-refractivity contribution in [3.05, 3.63) is 35.9 Å². The lowest BCUT2D eigenvalue weighted by molar-refractivity contribution is -0.118. The van der Waals surface area contributed by atoms with E-state index in [1.54, 1.807) is 4.90 Å². The minimum Gasteiger partial charge on any atom is -0.444 e. The SMILES string of the molecule is CC(C)(C)OC(=O)N1CCC[C@@]2(CC(=O)CO2)[C@@H]1c1ccccc1. The Hall–Kier alpha value is -1.88. The predicted molar refractivity (Wildman–Crippen MR) is 89.7 cm³/mol. The molecular formula is C19H25NO4. The number of amides is 1. The van der Waals surface area contributed by atoms with Crippen molar-refractivity contribution in [1.82, 2.24) is 4.90 Å². The molecule has 2 atom stereocenters. The number of carbonyl (C=O) groups excluding carboxylic acids is 2. The van der Waals surface area contributed by atoms with Crippen LogP contribution in [-0.4, -0.2) is 41.1 Å². The zero-order valence-corrected chi connectivity index (χ0v) is 14.6. The van der Waals surface area contributed by atoms with Crippen LogP contribution in [0, 0.1) is 0 Å². The summed E-state index contributed by atoms with van der Waals surface area (Å²) in [5.41, 5.74) is -0.208. The average Bonchev–Trinajstić information content (AvgIpc) is 2.87. The minimum absolute atomic E-state index is 0.0990. The molecule has 0 radical (unpaired) electrons. The third kappa shape index (κ3) is 3.31. The topological polar surface area (TPSA) is 55.8 Å². The van der Waals surface area contributed by atoms with Gasteiger partial charge in [0.1, 0.15) is 17.8 Å². The van der Waals surface area contributed by atoms with E-state index in [2.05, 4.69) is 0 Å².